The minimum absolute atomic E-state index is 0.110. The molecule has 21 heavy (non-hydrogen) atoms. The zero-order valence-corrected chi connectivity index (χ0v) is 13.2. The number of likely N-dealkylation sites (tertiary alicyclic amines) is 1. The van der Waals surface area contributed by atoms with Crippen molar-refractivity contribution in [3.8, 4) is 0 Å². The maximum atomic E-state index is 12.2. The Labute approximate surface area is 130 Å². The third kappa shape index (κ3) is 4.68. The fourth-order valence-corrected chi connectivity index (χ4v) is 2.88. The van der Waals surface area contributed by atoms with Crippen molar-refractivity contribution in [1.29, 1.82) is 0 Å². The average molecular weight is 312 g/mol. The van der Waals surface area contributed by atoms with Crippen LogP contribution in [0.5, 0.6) is 0 Å². The zero-order chi connectivity index (χ0) is 15.4. The molecule has 116 valence electrons. The maximum Gasteiger partial charge on any atom is 0.238 e. The van der Waals surface area contributed by atoms with Gasteiger partial charge in [0.1, 0.15) is 0 Å². The molecule has 5 nitrogen and oxygen atoms in total. The van der Waals surface area contributed by atoms with Gasteiger partial charge in [0.15, 0.2) is 0 Å². The number of carbonyl (C=O) groups excluding carboxylic acids is 1. The Balaban J connectivity index is 1.93. The van der Waals surface area contributed by atoms with E-state index in [1.165, 1.54) is 0 Å². The number of likely N-dealkylation sites (N-methyl/N-ethyl adjacent to an activating group) is 1. The van der Waals surface area contributed by atoms with Crippen molar-refractivity contribution < 1.29 is 9.90 Å². The van der Waals surface area contributed by atoms with E-state index < -0.39 is 0 Å². The van der Waals surface area contributed by atoms with Gasteiger partial charge in [-0.15, -0.1) is 0 Å². The molecular formula is C15H22ClN3O2. The van der Waals surface area contributed by atoms with Gasteiger partial charge >= 0.3 is 0 Å². The molecule has 0 aromatic heterocycles. The van der Waals surface area contributed by atoms with Gasteiger partial charge in [-0.25, -0.2) is 0 Å². The lowest BCUT2D eigenvalue weighted by molar-refractivity contribution is -0.117. The van der Waals surface area contributed by atoms with E-state index in [1.54, 1.807) is 12.1 Å². The van der Waals surface area contributed by atoms with Crippen molar-refractivity contribution in [3.05, 3.63) is 29.3 Å². The quantitative estimate of drug-likeness (QED) is 0.860. The Kier molecular flexibility index (Phi) is 5.58. The van der Waals surface area contributed by atoms with E-state index >= 15 is 0 Å². The first kappa shape index (κ1) is 16.2. The summed E-state index contributed by atoms with van der Waals surface area (Å²) >= 11 is 6.03. The van der Waals surface area contributed by atoms with Crippen LogP contribution < -0.4 is 5.32 Å². The first-order chi connectivity index (χ1) is 9.95. The Morgan fingerprint density at radius 2 is 2.19 bits per heavy atom. The molecule has 1 fully saturated rings. The van der Waals surface area contributed by atoms with Crippen LogP contribution in [-0.2, 0) is 4.79 Å². The number of aliphatic hydroxyl groups is 1. The summed E-state index contributed by atoms with van der Waals surface area (Å²) in [6.45, 7) is 1.63. The Hall–Kier alpha value is -1.14. The predicted molar refractivity (Wildman–Crippen MR) is 84.6 cm³/mol. The molecule has 0 saturated carbocycles. The molecule has 0 aliphatic carbocycles. The number of aliphatic hydroxyl groups excluding tert-OH is 1. The summed E-state index contributed by atoms with van der Waals surface area (Å²) in [5.74, 6) is -0.110. The van der Waals surface area contributed by atoms with Gasteiger partial charge in [-0.3, -0.25) is 9.69 Å². The number of hydrogen-bond donors (Lipinski definition) is 2. The molecule has 2 atom stereocenters. The van der Waals surface area contributed by atoms with Crippen molar-refractivity contribution in [2.24, 2.45) is 0 Å². The fourth-order valence-electron chi connectivity index (χ4n) is 2.70. The number of amides is 1. The summed E-state index contributed by atoms with van der Waals surface area (Å²) in [5.41, 5.74) is 0.619. The van der Waals surface area contributed by atoms with Crippen LogP contribution in [0.4, 0.5) is 5.69 Å². The molecular weight excluding hydrogens is 290 g/mol. The van der Waals surface area contributed by atoms with E-state index in [1.807, 2.05) is 31.1 Å². The first-order valence-corrected chi connectivity index (χ1v) is 7.44. The molecule has 1 amide bonds. The second-order valence-corrected chi connectivity index (χ2v) is 6.17. The van der Waals surface area contributed by atoms with Gasteiger partial charge in [-0.2, -0.15) is 0 Å². The van der Waals surface area contributed by atoms with E-state index in [2.05, 4.69) is 10.2 Å². The minimum Gasteiger partial charge on any atom is -0.392 e. The monoisotopic (exact) mass is 311 g/mol. The largest absolute Gasteiger partial charge is 0.392 e. The van der Waals surface area contributed by atoms with E-state index in [0.29, 0.717) is 23.7 Å². The summed E-state index contributed by atoms with van der Waals surface area (Å²) in [7, 11) is 3.99. The highest BCUT2D eigenvalue weighted by atomic mass is 35.5. The van der Waals surface area contributed by atoms with Crippen LogP contribution in [0.3, 0.4) is 0 Å². The summed E-state index contributed by atoms with van der Waals surface area (Å²) < 4.78 is 0. The smallest absolute Gasteiger partial charge is 0.238 e. The third-order valence-electron chi connectivity index (χ3n) is 3.58. The normalized spacial score (nSPS) is 22.7. The average Bonchev–Trinajstić information content (AvgIpc) is 2.71. The third-order valence-corrected chi connectivity index (χ3v) is 3.91. The number of nitrogens with zero attached hydrogens (tertiary/aromatic N) is 2. The first-order valence-electron chi connectivity index (χ1n) is 7.07. The molecule has 0 radical (unpaired) electrons. The number of rotatable bonds is 5. The number of β-amino-alcohol motifs (C(OH)–C–C–N with tert-alkyl or cyclic N) is 1. The second kappa shape index (κ2) is 7.22. The van der Waals surface area contributed by atoms with Gasteiger partial charge in [0.25, 0.3) is 0 Å². The summed E-state index contributed by atoms with van der Waals surface area (Å²) in [6, 6.07) is 7.37. The number of benzene rings is 1. The van der Waals surface area contributed by atoms with Crippen molar-refractivity contribution in [3.63, 3.8) is 0 Å². The SMILES string of the molecule is CN(C)CC1CC(O)CN1CC(=O)Nc1ccccc1Cl. The van der Waals surface area contributed by atoms with Crippen molar-refractivity contribution in [2.75, 3.05) is 39.0 Å². The highest BCUT2D eigenvalue weighted by Crippen LogP contribution is 2.21. The van der Waals surface area contributed by atoms with Gasteiger partial charge in [0, 0.05) is 19.1 Å². The van der Waals surface area contributed by atoms with Gasteiger partial charge in [0.2, 0.25) is 5.91 Å². The van der Waals surface area contributed by atoms with Crippen LogP contribution in [0, 0.1) is 0 Å². The predicted octanol–water partition coefficient (Wildman–Crippen LogP) is 1.28. The lowest BCUT2D eigenvalue weighted by atomic mass is 10.2. The fraction of sp³-hybridized carbons (Fsp3) is 0.533. The maximum absolute atomic E-state index is 12.2. The van der Waals surface area contributed by atoms with Crippen LogP contribution >= 0.6 is 11.6 Å². The second-order valence-electron chi connectivity index (χ2n) is 5.76. The van der Waals surface area contributed by atoms with Gasteiger partial charge < -0.3 is 15.3 Å². The molecule has 1 aliphatic rings. The number of halogens is 1. The highest BCUT2D eigenvalue weighted by molar-refractivity contribution is 6.33. The molecule has 0 bridgehead atoms. The standard InChI is InChI=1S/C15H22ClN3O2/c1-18(2)8-11-7-12(20)9-19(11)10-15(21)17-14-6-4-3-5-13(14)16/h3-6,11-12,20H,7-10H2,1-2H3,(H,17,21). The summed E-state index contributed by atoms with van der Waals surface area (Å²) in [4.78, 5) is 16.2. The highest BCUT2D eigenvalue weighted by Gasteiger charge is 2.32. The van der Waals surface area contributed by atoms with Crippen LogP contribution in [0.1, 0.15) is 6.42 Å². The summed E-state index contributed by atoms with van der Waals surface area (Å²) in [6.07, 6.45) is 0.348. The lowest BCUT2D eigenvalue weighted by Gasteiger charge is -2.26. The number of para-hydroxylation sites is 1. The molecule has 1 heterocycles. The van der Waals surface area contributed by atoms with E-state index in [-0.39, 0.29) is 24.6 Å². The van der Waals surface area contributed by atoms with Crippen molar-refractivity contribution in [1.82, 2.24) is 9.80 Å². The van der Waals surface area contributed by atoms with Crippen LogP contribution in [-0.4, -0.2) is 66.7 Å². The van der Waals surface area contributed by atoms with E-state index in [4.69, 9.17) is 11.6 Å². The molecule has 0 spiro atoms. The topological polar surface area (TPSA) is 55.8 Å². The lowest BCUT2D eigenvalue weighted by Crippen LogP contribution is -2.41. The Morgan fingerprint density at radius 3 is 2.86 bits per heavy atom. The molecule has 2 unspecified atom stereocenters. The van der Waals surface area contributed by atoms with Gasteiger partial charge in [-0.05, 0) is 32.6 Å². The van der Waals surface area contributed by atoms with Gasteiger partial charge in [0.05, 0.1) is 23.4 Å². The van der Waals surface area contributed by atoms with Crippen LogP contribution in [0.15, 0.2) is 24.3 Å². The zero-order valence-electron chi connectivity index (χ0n) is 12.4. The van der Waals surface area contributed by atoms with Gasteiger partial charge in [-0.1, -0.05) is 23.7 Å². The number of hydrogen-bond acceptors (Lipinski definition) is 4. The molecule has 6 heteroatoms. The van der Waals surface area contributed by atoms with Crippen LogP contribution in [0.2, 0.25) is 5.02 Å². The number of nitrogens with one attached hydrogen (secondary N) is 1. The minimum atomic E-state index is -0.358. The number of carbonyl (C=O) groups is 1. The molecule has 2 N–H and O–H groups in total. The Morgan fingerprint density at radius 1 is 1.48 bits per heavy atom. The van der Waals surface area contributed by atoms with Crippen LogP contribution in [0.25, 0.3) is 0 Å². The van der Waals surface area contributed by atoms with Crippen molar-refractivity contribution in [2.45, 2.75) is 18.6 Å². The molecule has 1 aromatic rings. The molecule has 1 saturated heterocycles. The number of anilines is 1. The Bertz CT molecular complexity index is 496. The van der Waals surface area contributed by atoms with Crippen molar-refractivity contribution >= 4 is 23.2 Å². The van der Waals surface area contributed by atoms with E-state index in [9.17, 15) is 9.90 Å². The molecule has 2 rings (SSSR count). The molecule has 1 aliphatic heterocycles. The summed E-state index contributed by atoms with van der Waals surface area (Å²) in [5, 5.41) is 13.2. The van der Waals surface area contributed by atoms with E-state index in [0.717, 1.165) is 6.54 Å². The molecule has 1 aromatic carbocycles.